The van der Waals surface area contributed by atoms with Gasteiger partial charge in [-0.1, -0.05) is 35.9 Å². The van der Waals surface area contributed by atoms with Gasteiger partial charge in [-0.2, -0.15) is 0 Å². The van der Waals surface area contributed by atoms with Gasteiger partial charge in [0.1, 0.15) is 0 Å². The summed E-state index contributed by atoms with van der Waals surface area (Å²) >= 11 is 6.19. The highest BCUT2D eigenvalue weighted by molar-refractivity contribution is 6.33. The summed E-state index contributed by atoms with van der Waals surface area (Å²) in [5.74, 6) is -0.611. The van der Waals surface area contributed by atoms with Crippen LogP contribution in [0.2, 0.25) is 5.02 Å². The molecule has 2 fully saturated rings. The van der Waals surface area contributed by atoms with Crippen molar-refractivity contribution in [3.05, 3.63) is 64.7 Å². The monoisotopic (exact) mass is 425 g/mol. The zero-order chi connectivity index (χ0) is 21.1. The number of carbonyl (C=O) groups excluding carboxylic acids is 3. The molecule has 156 valence electrons. The van der Waals surface area contributed by atoms with Gasteiger partial charge < -0.3 is 15.1 Å². The van der Waals surface area contributed by atoms with Crippen molar-refractivity contribution in [1.29, 1.82) is 0 Å². The number of likely N-dealkylation sites (tertiary alicyclic amines) is 1. The number of anilines is 1. The summed E-state index contributed by atoms with van der Waals surface area (Å²) in [6, 6.07) is 14.5. The van der Waals surface area contributed by atoms with Crippen LogP contribution in [0.25, 0.3) is 0 Å². The van der Waals surface area contributed by atoms with E-state index >= 15 is 0 Å². The van der Waals surface area contributed by atoms with Crippen LogP contribution in [0, 0.1) is 5.92 Å². The van der Waals surface area contributed by atoms with E-state index in [2.05, 4.69) is 5.32 Å². The van der Waals surface area contributed by atoms with Gasteiger partial charge in [-0.15, -0.1) is 0 Å². The number of para-hydroxylation sites is 1. The summed E-state index contributed by atoms with van der Waals surface area (Å²) in [7, 11) is 0. The van der Waals surface area contributed by atoms with E-state index in [0.29, 0.717) is 29.4 Å². The molecule has 1 unspecified atom stereocenters. The minimum absolute atomic E-state index is 0.0622. The Hall–Kier alpha value is -2.86. The second-order valence-electron chi connectivity index (χ2n) is 7.77. The van der Waals surface area contributed by atoms with E-state index in [4.69, 9.17) is 11.6 Å². The van der Waals surface area contributed by atoms with Crippen molar-refractivity contribution >= 4 is 35.0 Å². The molecule has 7 heteroatoms. The smallest absolute Gasteiger partial charge is 0.253 e. The highest BCUT2D eigenvalue weighted by Crippen LogP contribution is 2.31. The number of hydrogen-bond acceptors (Lipinski definition) is 3. The van der Waals surface area contributed by atoms with Crippen molar-refractivity contribution in [1.82, 2.24) is 10.2 Å². The lowest BCUT2D eigenvalue weighted by Gasteiger charge is -2.18. The van der Waals surface area contributed by atoms with Gasteiger partial charge in [-0.25, -0.2) is 0 Å². The van der Waals surface area contributed by atoms with Crippen molar-refractivity contribution in [3.8, 4) is 0 Å². The summed E-state index contributed by atoms with van der Waals surface area (Å²) in [5.41, 5.74) is 2.22. The first-order valence-corrected chi connectivity index (χ1v) is 10.6. The minimum atomic E-state index is -0.412. The first-order valence-electron chi connectivity index (χ1n) is 10.2. The third-order valence-electron chi connectivity index (χ3n) is 5.70. The predicted octanol–water partition coefficient (Wildman–Crippen LogP) is 3.25. The first kappa shape index (κ1) is 20.4. The Morgan fingerprint density at radius 1 is 1.03 bits per heavy atom. The molecule has 0 aromatic heterocycles. The SMILES string of the molecule is O=C(NCc1ccc(C(=O)N2CCCC2)cc1)C1CC(=O)N(c2ccccc2Cl)C1. The molecule has 2 aliphatic heterocycles. The molecule has 4 rings (SSSR count). The minimum Gasteiger partial charge on any atom is -0.352 e. The number of rotatable bonds is 5. The van der Waals surface area contributed by atoms with Crippen molar-refractivity contribution in [2.45, 2.75) is 25.8 Å². The molecule has 1 atom stereocenters. The van der Waals surface area contributed by atoms with Gasteiger partial charge in [0.05, 0.1) is 16.6 Å². The fourth-order valence-electron chi connectivity index (χ4n) is 3.99. The van der Waals surface area contributed by atoms with E-state index in [-0.39, 0.29) is 24.1 Å². The maximum absolute atomic E-state index is 12.6. The first-order chi connectivity index (χ1) is 14.5. The molecule has 2 aromatic rings. The zero-order valence-corrected chi connectivity index (χ0v) is 17.4. The third kappa shape index (κ3) is 4.33. The molecule has 2 aromatic carbocycles. The lowest BCUT2D eigenvalue weighted by molar-refractivity contribution is -0.126. The van der Waals surface area contributed by atoms with E-state index in [9.17, 15) is 14.4 Å². The van der Waals surface area contributed by atoms with Crippen LogP contribution < -0.4 is 10.2 Å². The van der Waals surface area contributed by atoms with Crippen molar-refractivity contribution < 1.29 is 14.4 Å². The van der Waals surface area contributed by atoms with Gasteiger partial charge >= 0.3 is 0 Å². The van der Waals surface area contributed by atoms with Crippen LogP contribution in [0.15, 0.2) is 48.5 Å². The zero-order valence-electron chi connectivity index (χ0n) is 16.6. The van der Waals surface area contributed by atoms with E-state index in [1.807, 2.05) is 23.1 Å². The van der Waals surface area contributed by atoms with E-state index < -0.39 is 5.92 Å². The van der Waals surface area contributed by atoms with Crippen LogP contribution in [-0.4, -0.2) is 42.3 Å². The van der Waals surface area contributed by atoms with Crippen LogP contribution >= 0.6 is 11.6 Å². The highest BCUT2D eigenvalue weighted by Gasteiger charge is 2.35. The quantitative estimate of drug-likeness (QED) is 0.799. The molecule has 2 heterocycles. The number of benzene rings is 2. The van der Waals surface area contributed by atoms with Crippen LogP contribution in [0.5, 0.6) is 0 Å². The Morgan fingerprint density at radius 3 is 2.43 bits per heavy atom. The van der Waals surface area contributed by atoms with E-state index in [1.165, 1.54) is 0 Å². The molecular formula is C23H24ClN3O3. The molecule has 3 amide bonds. The lowest BCUT2D eigenvalue weighted by atomic mass is 10.1. The van der Waals surface area contributed by atoms with Crippen LogP contribution in [-0.2, 0) is 16.1 Å². The number of hydrogen-bond donors (Lipinski definition) is 1. The highest BCUT2D eigenvalue weighted by atomic mass is 35.5. The standard InChI is InChI=1S/C23H24ClN3O3/c24-19-5-1-2-6-20(19)27-15-18(13-21(27)28)22(29)25-14-16-7-9-17(10-8-16)23(30)26-11-3-4-12-26/h1-2,5-10,18H,3-4,11-15H2,(H,25,29). The normalized spacial score (nSPS) is 18.7. The lowest BCUT2D eigenvalue weighted by Crippen LogP contribution is -2.32. The Morgan fingerprint density at radius 2 is 1.73 bits per heavy atom. The number of amides is 3. The predicted molar refractivity (Wildman–Crippen MR) is 115 cm³/mol. The maximum atomic E-state index is 12.6. The molecule has 0 spiro atoms. The fourth-order valence-corrected chi connectivity index (χ4v) is 4.23. The van der Waals surface area contributed by atoms with Crippen molar-refractivity contribution in [2.24, 2.45) is 5.92 Å². The number of nitrogens with one attached hydrogen (secondary N) is 1. The van der Waals surface area contributed by atoms with E-state index in [0.717, 1.165) is 31.5 Å². The molecule has 0 radical (unpaired) electrons. The van der Waals surface area contributed by atoms with Crippen LogP contribution in [0.4, 0.5) is 5.69 Å². The van der Waals surface area contributed by atoms with E-state index in [1.54, 1.807) is 35.2 Å². The average Bonchev–Trinajstić information content (AvgIpc) is 3.42. The van der Waals surface area contributed by atoms with Gasteiger partial charge in [-0.3, -0.25) is 14.4 Å². The van der Waals surface area contributed by atoms with Crippen molar-refractivity contribution in [3.63, 3.8) is 0 Å². The number of halogens is 1. The van der Waals surface area contributed by atoms with Crippen LogP contribution in [0.1, 0.15) is 35.2 Å². The molecule has 2 aliphatic rings. The molecular weight excluding hydrogens is 402 g/mol. The van der Waals surface area contributed by atoms with Crippen molar-refractivity contribution in [2.75, 3.05) is 24.5 Å². The maximum Gasteiger partial charge on any atom is 0.253 e. The number of carbonyl (C=O) groups is 3. The summed E-state index contributed by atoms with van der Waals surface area (Å²) in [5, 5.41) is 3.40. The average molecular weight is 426 g/mol. The second-order valence-corrected chi connectivity index (χ2v) is 8.18. The summed E-state index contributed by atoms with van der Waals surface area (Å²) in [6.07, 6.45) is 2.29. The van der Waals surface area contributed by atoms with Gasteiger partial charge in [0.25, 0.3) is 5.91 Å². The summed E-state index contributed by atoms with van der Waals surface area (Å²) in [6.45, 7) is 2.31. The van der Waals surface area contributed by atoms with Gasteiger partial charge in [0.15, 0.2) is 0 Å². The molecule has 30 heavy (non-hydrogen) atoms. The fraction of sp³-hybridized carbons (Fsp3) is 0.348. The Labute approximate surface area is 180 Å². The second kappa shape index (κ2) is 8.88. The summed E-state index contributed by atoms with van der Waals surface area (Å²) in [4.78, 5) is 40.8. The Bertz CT molecular complexity index is 954. The van der Waals surface area contributed by atoms with Gasteiger partial charge in [0, 0.05) is 38.2 Å². The summed E-state index contributed by atoms with van der Waals surface area (Å²) < 4.78 is 0. The largest absolute Gasteiger partial charge is 0.352 e. The topological polar surface area (TPSA) is 69.7 Å². The van der Waals surface area contributed by atoms with Gasteiger partial charge in [0.2, 0.25) is 11.8 Å². The molecule has 0 saturated carbocycles. The molecule has 1 N–H and O–H groups in total. The van der Waals surface area contributed by atoms with Crippen LogP contribution in [0.3, 0.4) is 0 Å². The Kier molecular flexibility index (Phi) is 6.04. The Balaban J connectivity index is 1.32. The third-order valence-corrected chi connectivity index (χ3v) is 6.02. The molecule has 2 saturated heterocycles. The molecule has 6 nitrogen and oxygen atoms in total. The molecule has 0 bridgehead atoms. The number of nitrogens with zero attached hydrogens (tertiary/aromatic N) is 2. The molecule has 0 aliphatic carbocycles. The van der Waals surface area contributed by atoms with Gasteiger partial charge in [-0.05, 0) is 42.7 Å².